The largest absolute Gasteiger partial charge is 0.393 e. The number of hydrogen-bond donors (Lipinski definition) is 1. The zero-order valence-electron chi connectivity index (χ0n) is 9.41. The average molecular weight is 196 g/mol. The van der Waals surface area contributed by atoms with Gasteiger partial charge in [-0.25, -0.2) is 0 Å². The van der Waals surface area contributed by atoms with Crippen molar-refractivity contribution in [3.63, 3.8) is 0 Å². The van der Waals surface area contributed by atoms with Gasteiger partial charge in [-0.1, -0.05) is 39.0 Å². The summed E-state index contributed by atoms with van der Waals surface area (Å²) >= 11 is 0. The molecule has 2 aliphatic rings. The highest BCUT2D eigenvalue weighted by Gasteiger charge is 2.30. The second kappa shape index (κ2) is 4.65. The van der Waals surface area contributed by atoms with Gasteiger partial charge in [-0.05, 0) is 37.0 Å². The minimum atomic E-state index is 0.0281. The van der Waals surface area contributed by atoms with Gasteiger partial charge in [-0.2, -0.15) is 0 Å². The standard InChI is InChI=1S/C13H24O/c1-2-10-5-7-12(8-6-10)13(14)9-11-3-4-11/h10-14H,2-9H2,1H3. The van der Waals surface area contributed by atoms with E-state index in [1.54, 1.807) is 0 Å². The molecule has 14 heavy (non-hydrogen) atoms. The lowest BCUT2D eigenvalue weighted by Gasteiger charge is -2.31. The quantitative estimate of drug-likeness (QED) is 0.731. The predicted molar refractivity (Wildman–Crippen MR) is 59.1 cm³/mol. The van der Waals surface area contributed by atoms with Gasteiger partial charge in [0, 0.05) is 0 Å². The van der Waals surface area contributed by atoms with E-state index >= 15 is 0 Å². The molecule has 2 aliphatic carbocycles. The second-order valence-electron chi connectivity index (χ2n) is 5.44. The Morgan fingerprint density at radius 3 is 2.07 bits per heavy atom. The van der Waals surface area contributed by atoms with Crippen molar-refractivity contribution in [3.05, 3.63) is 0 Å². The van der Waals surface area contributed by atoms with Crippen molar-refractivity contribution in [1.82, 2.24) is 0 Å². The third-order valence-corrected chi connectivity index (χ3v) is 4.28. The van der Waals surface area contributed by atoms with E-state index in [2.05, 4.69) is 6.92 Å². The van der Waals surface area contributed by atoms with Crippen molar-refractivity contribution in [2.75, 3.05) is 0 Å². The molecule has 0 amide bonds. The molecule has 2 fully saturated rings. The van der Waals surface area contributed by atoms with Gasteiger partial charge in [0.05, 0.1) is 6.10 Å². The van der Waals surface area contributed by atoms with Crippen molar-refractivity contribution < 1.29 is 5.11 Å². The van der Waals surface area contributed by atoms with Crippen LogP contribution in [0.2, 0.25) is 0 Å². The summed E-state index contributed by atoms with van der Waals surface area (Å²) in [7, 11) is 0. The SMILES string of the molecule is CCC1CCC(C(O)CC2CC2)CC1. The molecule has 2 rings (SSSR count). The Kier molecular flexibility index (Phi) is 3.48. The van der Waals surface area contributed by atoms with Crippen LogP contribution in [0.1, 0.15) is 58.3 Å². The van der Waals surface area contributed by atoms with Gasteiger partial charge in [0.2, 0.25) is 0 Å². The molecule has 0 saturated heterocycles. The van der Waals surface area contributed by atoms with E-state index in [-0.39, 0.29) is 6.10 Å². The van der Waals surface area contributed by atoms with Crippen LogP contribution < -0.4 is 0 Å². The van der Waals surface area contributed by atoms with E-state index in [1.807, 2.05) is 0 Å². The van der Waals surface area contributed by atoms with Crippen molar-refractivity contribution >= 4 is 0 Å². The molecule has 1 N–H and O–H groups in total. The Morgan fingerprint density at radius 1 is 1.00 bits per heavy atom. The van der Waals surface area contributed by atoms with E-state index in [1.165, 1.54) is 44.9 Å². The molecule has 82 valence electrons. The fourth-order valence-electron chi connectivity index (χ4n) is 2.87. The molecule has 1 atom stereocenters. The number of rotatable bonds is 4. The first kappa shape index (κ1) is 10.5. The zero-order valence-corrected chi connectivity index (χ0v) is 9.41. The molecule has 0 aliphatic heterocycles. The zero-order chi connectivity index (χ0) is 9.97. The fourth-order valence-corrected chi connectivity index (χ4v) is 2.87. The van der Waals surface area contributed by atoms with Crippen LogP contribution in [0.4, 0.5) is 0 Å². The highest BCUT2D eigenvalue weighted by Crippen LogP contribution is 2.39. The van der Waals surface area contributed by atoms with E-state index < -0.39 is 0 Å². The molecule has 0 aromatic heterocycles. The third kappa shape index (κ3) is 2.73. The highest BCUT2D eigenvalue weighted by atomic mass is 16.3. The van der Waals surface area contributed by atoms with Crippen molar-refractivity contribution in [3.8, 4) is 0 Å². The summed E-state index contributed by atoms with van der Waals surface area (Å²) in [5.41, 5.74) is 0. The summed E-state index contributed by atoms with van der Waals surface area (Å²) in [6.45, 7) is 2.30. The molecule has 0 bridgehead atoms. The van der Waals surface area contributed by atoms with Gasteiger partial charge in [0.15, 0.2) is 0 Å². The Labute approximate surface area is 87.9 Å². The molecular weight excluding hydrogens is 172 g/mol. The minimum absolute atomic E-state index is 0.0281. The van der Waals surface area contributed by atoms with Crippen LogP contribution in [0.5, 0.6) is 0 Å². The Bertz CT molecular complexity index is 166. The van der Waals surface area contributed by atoms with Crippen LogP contribution in [-0.2, 0) is 0 Å². The van der Waals surface area contributed by atoms with Crippen LogP contribution in [0.15, 0.2) is 0 Å². The van der Waals surface area contributed by atoms with Crippen molar-refractivity contribution in [2.45, 2.75) is 64.4 Å². The van der Waals surface area contributed by atoms with Gasteiger partial charge in [-0.15, -0.1) is 0 Å². The van der Waals surface area contributed by atoms with Crippen LogP contribution >= 0.6 is 0 Å². The molecular formula is C13H24O. The molecule has 2 saturated carbocycles. The fraction of sp³-hybridized carbons (Fsp3) is 1.00. The molecule has 0 spiro atoms. The van der Waals surface area contributed by atoms with Gasteiger partial charge in [0.25, 0.3) is 0 Å². The maximum absolute atomic E-state index is 10.0. The summed E-state index contributed by atoms with van der Waals surface area (Å²) in [6.07, 6.45) is 10.5. The molecule has 0 radical (unpaired) electrons. The second-order valence-corrected chi connectivity index (χ2v) is 5.44. The topological polar surface area (TPSA) is 20.2 Å². The van der Waals surface area contributed by atoms with E-state index in [0.717, 1.165) is 18.3 Å². The maximum atomic E-state index is 10.0. The van der Waals surface area contributed by atoms with Gasteiger partial charge >= 0.3 is 0 Å². The smallest absolute Gasteiger partial charge is 0.0571 e. The van der Waals surface area contributed by atoms with Gasteiger partial charge in [0.1, 0.15) is 0 Å². The normalized spacial score (nSPS) is 35.6. The van der Waals surface area contributed by atoms with E-state index in [0.29, 0.717) is 5.92 Å². The van der Waals surface area contributed by atoms with Crippen molar-refractivity contribution in [2.24, 2.45) is 17.8 Å². The predicted octanol–water partition coefficient (Wildman–Crippen LogP) is 3.36. The molecule has 0 heterocycles. The monoisotopic (exact) mass is 196 g/mol. The number of hydrogen-bond acceptors (Lipinski definition) is 1. The summed E-state index contributed by atoms with van der Waals surface area (Å²) in [5.74, 6) is 2.48. The van der Waals surface area contributed by atoms with E-state index in [9.17, 15) is 5.11 Å². The van der Waals surface area contributed by atoms with Crippen LogP contribution in [0.25, 0.3) is 0 Å². The number of aliphatic hydroxyl groups excluding tert-OH is 1. The van der Waals surface area contributed by atoms with Crippen LogP contribution in [-0.4, -0.2) is 11.2 Å². The van der Waals surface area contributed by atoms with Crippen LogP contribution in [0, 0.1) is 17.8 Å². The Morgan fingerprint density at radius 2 is 1.57 bits per heavy atom. The van der Waals surface area contributed by atoms with Crippen molar-refractivity contribution in [1.29, 1.82) is 0 Å². The molecule has 0 aromatic carbocycles. The molecule has 0 aromatic rings. The molecule has 1 heteroatoms. The summed E-state index contributed by atoms with van der Waals surface area (Å²) in [5, 5.41) is 10.0. The van der Waals surface area contributed by atoms with Crippen LogP contribution in [0.3, 0.4) is 0 Å². The first-order valence-corrected chi connectivity index (χ1v) is 6.47. The maximum Gasteiger partial charge on any atom is 0.0571 e. The lowest BCUT2D eigenvalue weighted by atomic mass is 9.77. The van der Waals surface area contributed by atoms with Gasteiger partial charge in [-0.3, -0.25) is 0 Å². The summed E-state index contributed by atoms with van der Waals surface area (Å²) in [6, 6.07) is 0. The lowest BCUT2D eigenvalue weighted by Crippen LogP contribution is -2.26. The Balaban J connectivity index is 1.70. The third-order valence-electron chi connectivity index (χ3n) is 4.28. The number of aliphatic hydroxyl groups is 1. The van der Waals surface area contributed by atoms with Gasteiger partial charge < -0.3 is 5.11 Å². The molecule has 1 unspecified atom stereocenters. The Hall–Kier alpha value is -0.0400. The summed E-state index contributed by atoms with van der Waals surface area (Å²) < 4.78 is 0. The molecule has 1 nitrogen and oxygen atoms in total. The first-order chi connectivity index (χ1) is 6.79. The summed E-state index contributed by atoms with van der Waals surface area (Å²) in [4.78, 5) is 0. The average Bonchev–Trinajstić information content (AvgIpc) is 3.02. The highest BCUT2D eigenvalue weighted by molar-refractivity contribution is 4.82. The minimum Gasteiger partial charge on any atom is -0.393 e. The van der Waals surface area contributed by atoms with E-state index in [4.69, 9.17) is 0 Å². The first-order valence-electron chi connectivity index (χ1n) is 6.47. The lowest BCUT2D eigenvalue weighted by molar-refractivity contribution is 0.0620.